The molecule has 0 aliphatic rings. The molecule has 2 N–H and O–H groups in total. The van der Waals surface area contributed by atoms with E-state index in [1.165, 1.54) is 5.56 Å². The van der Waals surface area contributed by atoms with Gasteiger partial charge in [-0.15, -0.1) is 0 Å². The Morgan fingerprint density at radius 2 is 1.89 bits per heavy atom. The van der Waals surface area contributed by atoms with Crippen LogP contribution >= 0.6 is 0 Å². The topological polar surface area (TPSA) is 48.0 Å². The number of amides is 1. The Hall–Kier alpha value is -2.55. The minimum absolute atomic E-state index is 0.398. The Kier molecular flexibility index (Phi) is 2.60. The molecule has 0 saturated heterocycles. The fraction of sp³-hybridized carbons (Fsp3) is 0.0625. The van der Waals surface area contributed by atoms with Crippen molar-refractivity contribution >= 4 is 16.8 Å². The van der Waals surface area contributed by atoms with Gasteiger partial charge in [0.1, 0.15) is 0 Å². The second kappa shape index (κ2) is 4.28. The number of nitrogens with zero attached hydrogens (tertiary/aromatic N) is 1. The summed E-state index contributed by atoms with van der Waals surface area (Å²) in [6.45, 7) is 2.08. The van der Waals surface area contributed by atoms with Gasteiger partial charge in [0.25, 0.3) is 0 Å². The second-order valence-electron chi connectivity index (χ2n) is 4.61. The minimum Gasteiger partial charge on any atom is -0.366 e. The first-order chi connectivity index (χ1) is 9.16. The molecule has 0 atom stereocenters. The Balaban J connectivity index is 2.22. The molecule has 94 valence electrons. The Labute approximate surface area is 111 Å². The molecule has 3 aromatic rings. The monoisotopic (exact) mass is 250 g/mol. The van der Waals surface area contributed by atoms with Crippen molar-refractivity contribution in [3.05, 3.63) is 65.9 Å². The van der Waals surface area contributed by atoms with Crippen molar-refractivity contribution in [3.8, 4) is 5.69 Å². The molecule has 0 fully saturated rings. The van der Waals surface area contributed by atoms with E-state index in [-0.39, 0.29) is 0 Å². The number of hydrogen-bond acceptors (Lipinski definition) is 1. The largest absolute Gasteiger partial charge is 0.366 e. The fourth-order valence-corrected chi connectivity index (χ4v) is 2.34. The van der Waals surface area contributed by atoms with Gasteiger partial charge in [0.15, 0.2) is 0 Å². The van der Waals surface area contributed by atoms with Gasteiger partial charge in [0.2, 0.25) is 5.91 Å². The number of benzene rings is 2. The summed E-state index contributed by atoms with van der Waals surface area (Å²) in [7, 11) is 0. The lowest BCUT2D eigenvalue weighted by Gasteiger charge is -2.08. The zero-order chi connectivity index (χ0) is 13.4. The van der Waals surface area contributed by atoms with Gasteiger partial charge in [0.05, 0.1) is 5.52 Å². The van der Waals surface area contributed by atoms with E-state index in [2.05, 4.69) is 23.6 Å². The van der Waals surface area contributed by atoms with Gasteiger partial charge in [-0.3, -0.25) is 4.79 Å². The second-order valence-corrected chi connectivity index (χ2v) is 4.61. The van der Waals surface area contributed by atoms with Crippen LogP contribution in [-0.4, -0.2) is 10.5 Å². The molecule has 0 aliphatic carbocycles. The molecule has 1 aromatic heterocycles. The summed E-state index contributed by atoms with van der Waals surface area (Å²) in [5, 5.41) is 1.01. The molecule has 0 saturated carbocycles. The maximum Gasteiger partial charge on any atom is 0.248 e. The van der Waals surface area contributed by atoms with Crippen LogP contribution in [0.4, 0.5) is 0 Å². The van der Waals surface area contributed by atoms with Crippen LogP contribution in [-0.2, 0) is 0 Å². The number of rotatable bonds is 2. The van der Waals surface area contributed by atoms with Crippen molar-refractivity contribution in [1.82, 2.24) is 4.57 Å². The van der Waals surface area contributed by atoms with Crippen LogP contribution < -0.4 is 5.73 Å². The average Bonchev–Trinajstić information content (AvgIpc) is 2.82. The number of para-hydroxylation sites is 1. The molecule has 0 unspecified atom stereocenters. The van der Waals surface area contributed by atoms with Gasteiger partial charge in [-0.05, 0) is 42.8 Å². The van der Waals surface area contributed by atoms with E-state index in [0.717, 1.165) is 16.6 Å². The van der Waals surface area contributed by atoms with Gasteiger partial charge >= 0.3 is 0 Å². The summed E-state index contributed by atoms with van der Waals surface area (Å²) in [4.78, 5) is 11.2. The van der Waals surface area contributed by atoms with Gasteiger partial charge in [-0.2, -0.15) is 0 Å². The van der Waals surface area contributed by atoms with E-state index in [4.69, 9.17) is 5.73 Å². The third-order valence-electron chi connectivity index (χ3n) is 3.35. The lowest BCUT2D eigenvalue weighted by molar-refractivity contribution is 0.100. The number of aryl methyl sites for hydroxylation is 1. The van der Waals surface area contributed by atoms with Crippen LogP contribution in [0.1, 0.15) is 15.9 Å². The number of fused-ring (bicyclic) bond motifs is 1. The lowest BCUT2D eigenvalue weighted by Crippen LogP contribution is -2.10. The zero-order valence-electron chi connectivity index (χ0n) is 10.6. The molecule has 19 heavy (non-hydrogen) atoms. The van der Waals surface area contributed by atoms with Crippen LogP contribution in [0.2, 0.25) is 0 Å². The maximum absolute atomic E-state index is 11.2. The highest BCUT2D eigenvalue weighted by molar-refractivity contribution is 5.97. The van der Waals surface area contributed by atoms with E-state index < -0.39 is 5.91 Å². The first kappa shape index (κ1) is 11.5. The van der Waals surface area contributed by atoms with Gasteiger partial charge in [-0.25, -0.2) is 0 Å². The Morgan fingerprint density at radius 3 is 2.63 bits per heavy atom. The summed E-state index contributed by atoms with van der Waals surface area (Å²) in [6, 6.07) is 15.7. The number of primary amides is 1. The molecule has 0 bridgehead atoms. The quantitative estimate of drug-likeness (QED) is 0.746. The molecule has 3 nitrogen and oxygen atoms in total. The predicted octanol–water partition coefficient (Wildman–Crippen LogP) is 3.04. The maximum atomic E-state index is 11.2. The van der Waals surface area contributed by atoms with Crippen LogP contribution in [0.25, 0.3) is 16.6 Å². The minimum atomic E-state index is -0.398. The van der Waals surface area contributed by atoms with E-state index in [1.54, 1.807) is 6.07 Å². The molecule has 1 heterocycles. The van der Waals surface area contributed by atoms with Gasteiger partial charge in [0, 0.05) is 22.8 Å². The van der Waals surface area contributed by atoms with Crippen molar-refractivity contribution in [1.29, 1.82) is 0 Å². The van der Waals surface area contributed by atoms with Crippen molar-refractivity contribution < 1.29 is 4.79 Å². The van der Waals surface area contributed by atoms with Crippen molar-refractivity contribution in [2.24, 2.45) is 5.73 Å². The Bertz CT molecular complexity index is 771. The normalized spacial score (nSPS) is 10.8. The van der Waals surface area contributed by atoms with Crippen molar-refractivity contribution in [2.75, 3.05) is 0 Å². The summed E-state index contributed by atoms with van der Waals surface area (Å²) >= 11 is 0. The number of carbonyl (C=O) groups excluding carboxylic acids is 1. The summed E-state index contributed by atoms with van der Waals surface area (Å²) < 4.78 is 2.12. The highest BCUT2D eigenvalue weighted by Crippen LogP contribution is 2.23. The molecule has 3 heteroatoms. The predicted molar refractivity (Wildman–Crippen MR) is 76.5 cm³/mol. The highest BCUT2D eigenvalue weighted by Gasteiger charge is 2.07. The average molecular weight is 250 g/mol. The van der Waals surface area contributed by atoms with E-state index in [9.17, 15) is 4.79 Å². The molecular weight excluding hydrogens is 236 g/mol. The van der Waals surface area contributed by atoms with E-state index in [1.807, 2.05) is 36.5 Å². The summed E-state index contributed by atoms with van der Waals surface area (Å²) in [5.74, 6) is -0.398. The summed E-state index contributed by atoms with van der Waals surface area (Å²) in [6.07, 6.45) is 2.01. The SMILES string of the molecule is Cc1ccccc1-n1ccc2cc(C(N)=O)ccc21. The molecule has 0 aliphatic heterocycles. The number of aromatic nitrogens is 1. The van der Waals surface area contributed by atoms with E-state index in [0.29, 0.717) is 5.56 Å². The fourth-order valence-electron chi connectivity index (χ4n) is 2.34. The molecule has 3 rings (SSSR count). The number of carbonyl (C=O) groups is 1. The van der Waals surface area contributed by atoms with Crippen molar-refractivity contribution in [3.63, 3.8) is 0 Å². The summed E-state index contributed by atoms with van der Waals surface area (Å²) in [5.41, 5.74) is 9.26. The molecule has 2 aromatic carbocycles. The lowest BCUT2D eigenvalue weighted by atomic mass is 10.1. The first-order valence-electron chi connectivity index (χ1n) is 6.14. The number of nitrogens with two attached hydrogens (primary N) is 1. The van der Waals surface area contributed by atoms with Gasteiger partial charge < -0.3 is 10.3 Å². The third kappa shape index (κ3) is 1.89. The smallest absolute Gasteiger partial charge is 0.248 e. The molecule has 1 amide bonds. The van der Waals surface area contributed by atoms with Crippen molar-refractivity contribution in [2.45, 2.75) is 6.92 Å². The third-order valence-corrected chi connectivity index (χ3v) is 3.35. The standard InChI is InChI=1S/C16H14N2O/c1-11-4-2-3-5-14(11)18-9-8-12-10-13(16(17)19)6-7-15(12)18/h2-10H,1H3,(H2,17,19). The van der Waals surface area contributed by atoms with Crippen LogP contribution in [0, 0.1) is 6.92 Å². The van der Waals surface area contributed by atoms with Crippen LogP contribution in [0.3, 0.4) is 0 Å². The first-order valence-corrected chi connectivity index (χ1v) is 6.14. The molecule has 0 spiro atoms. The number of hydrogen-bond donors (Lipinski definition) is 1. The van der Waals surface area contributed by atoms with Gasteiger partial charge in [-0.1, -0.05) is 18.2 Å². The highest BCUT2D eigenvalue weighted by atomic mass is 16.1. The molecule has 0 radical (unpaired) electrons. The zero-order valence-corrected chi connectivity index (χ0v) is 10.6. The van der Waals surface area contributed by atoms with E-state index >= 15 is 0 Å². The Morgan fingerprint density at radius 1 is 1.11 bits per heavy atom. The van der Waals surface area contributed by atoms with Crippen LogP contribution in [0.15, 0.2) is 54.7 Å². The van der Waals surface area contributed by atoms with Crippen LogP contribution in [0.5, 0.6) is 0 Å². The molecular formula is C16H14N2O.